The van der Waals surface area contributed by atoms with E-state index < -0.39 is 47.0 Å². The molecule has 1 N–H and O–H groups in total. The van der Waals surface area contributed by atoms with Gasteiger partial charge in [0, 0.05) is 33.7 Å². The van der Waals surface area contributed by atoms with E-state index in [-0.39, 0.29) is 32.0 Å². The van der Waals surface area contributed by atoms with Crippen molar-refractivity contribution in [3.63, 3.8) is 0 Å². The molecule has 1 aromatic rings. The summed E-state index contributed by atoms with van der Waals surface area (Å²) in [6.45, 7) is 7.90. The van der Waals surface area contributed by atoms with E-state index in [0.717, 1.165) is 24.8 Å². The summed E-state index contributed by atoms with van der Waals surface area (Å²) in [4.78, 5) is 85.7. The Kier molecular flexibility index (Phi) is 14.4. The molecule has 1 aromatic carbocycles. The molecule has 2 aliphatic rings. The van der Waals surface area contributed by atoms with Crippen LogP contribution in [-0.2, 0) is 40.1 Å². The Labute approximate surface area is 290 Å². The largest absolute Gasteiger partial charge is 0.460 e. The molecule has 5 amide bonds. The minimum absolute atomic E-state index is 0.0689. The predicted octanol–water partition coefficient (Wildman–Crippen LogP) is 3.49. The van der Waals surface area contributed by atoms with Crippen LogP contribution in [0.2, 0.25) is 0 Å². The number of amides is 5. The average Bonchev–Trinajstić information content (AvgIpc) is 3.54. The molecule has 272 valence electrons. The molecule has 49 heavy (non-hydrogen) atoms. The smallest absolute Gasteiger partial charge is 0.410 e. The molecule has 1 heterocycles. The molecule has 1 aliphatic heterocycles. The van der Waals surface area contributed by atoms with E-state index in [4.69, 9.17) is 9.47 Å². The van der Waals surface area contributed by atoms with Crippen molar-refractivity contribution in [3.8, 4) is 0 Å². The number of carbonyl (C=O) groups excluding carboxylic acids is 6. The van der Waals surface area contributed by atoms with E-state index >= 15 is 0 Å². The van der Waals surface area contributed by atoms with Gasteiger partial charge in [-0.1, -0.05) is 50.1 Å². The first-order valence-electron chi connectivity index (χ1n) is 17.4. The van der Waals surface area contributed by atoms with Gasteiger partial charge in [-0.05, 0) is 64.9 Å². The molecule has 1 aliphatic carbocycles. The number of hydrogen-bond donors (Lipinski definition) is 1. The average molecular weight is 686 g/mol. The van der Waals surface area contributed by atoms with Crippen molar-refractivity contribution in [1.29, 1.82) is 0 Å². The van der Waals surface area contributed by atoms with Gasteiger partial charge >= 0.3 is 12.1 Å². The van der Waals surface area contributed by atoms with Crippen LogP contribution < -0.4 is 5.32 Å². The zero-order chi connectivity index (χ0) is 36.2. The molecule has 0 spiro atoms. The summed E-state index contributed by atoms with van der Waals surface area (Å²) >= 11 is 0. The molecule has 1 saturated carbocycles. The molecule has 2 fully saturated rings. The summed E-state index contributed by atoms with van der Waals surface area (Å²) in [5.41, 5.74) is -1.18. The number of rotatable bonds is 14. The van der Waals surface area contributed by atoms with E-state index in [1.165, 1.54) is 28.8 Å². The Morgan fingerprint density at radius 2 is 1.55 bits per heavy atom. The number of benzene rings is 1. The fraction of sp³-hybridized carbons (Fsp3) is 0.667. The maximum absolute atomic E-state index is 13.9. The second-order valence-electron chi connectivity index (χ2n) is 14.2. The van der Waals surface area contributed by atoms with Gasteiger partial charge in [0.1, 0.15) is 30.3 Å². The molecule has 0 unspecified atom stereocenters. The lowest BCUT2D eigenvalue weighted by Gasteiger charge is -2.36. The number of hydrogen-bond acceptors (Lipinski definition) is 8. The molecule has 0 aromatic heterocycles. The normalized spacial score (nSPS) is 16.2. The minimum Gasteiger partial charge on any atom is -0.460 e. The molecular formula is C36H55N5O8. The first-order chi connectivity index (χ1) is 23.2. The maximum Gasteiger partial charge on any atom is 0.410 e. The number of likely N-dealkylation sites (N-methyl/N-ethyl adjacent to an activating group) is 2. The Morgan fingerprint density at radius 1 is 0.918 bits per heavy atom. The Bertz CT molecular complexity index is 1300. The Hall–Kier alpha value is -4.16. The van der Waals surface area contributed by atoms with Gasteiger partial charge in [-0.15, -0.1) is 0 Å². The van der Waals surface area contributed by atoms with Crippen molar-refractivity contribution in [2.45, 2.75) is 109 Å². The first-order valence-corrected chi connectivity index (χ1v) is 17.4. The molecule has 0 radical (unpaired) electrons. The predicted molar refractivity (Wildman–Crippen MR) is 183 cm³/mol. The molecule has 13 heteroatoms. The standard InChI is InChI=1S/C36H55N5O8/c1-7-20-41(34(47)48-26-27-16-10-8-11-17-27)24-29(42)37-36(18-12-13-19-36)33(46)38(5)25-30(43)39(6)28(23-31(44)49-35(2,3)4)32(45)40-21-14-9-15-22-40/h8,10-11,16-17,28H,7,9,12-15,18-26H2,1-6H3,(H,37,42)/t28-/m0/s1. The molecule has 13 nitrogen and oxygen atoms in total. The number of nitrogens with zero attached hydrogens (tertiary/aromatic N) is 4. The Balaban J connectivity index is 1.67. The third-order valence-electron chi connectivity index (χ3n) is 8.85. The van der Waals surface area contributed by atoms with Crippen LogP contribution in [0.5, 0.6) is 0 Å². The van der Waals surface area contributed by atoms with Crippen LogP contribution >= 0.6 is 0 Å². The molecular weight excluding hydrogens is 630 g/mol. The van der Waals surface area contributed by atoms with Crippen LogP contribution in [0.3, 0.4) is 0 Å². The van der Waals surface area contributed by atoms with E-state index in [1.807, 2.05) is 37.3 Å². The summed E-state index contributed by atoms with van der Waals surface area (Å²) in [5.74, 6) is -2.37. The number of likely N-dealkylation sites (tertiary alicyclic amines) is 1. The van der Waals surface area contributed by atoms with Gasteiger partial charge in [0.15, 0.2) is 0 Å². The van der Waals surface area contributed by atoms with Crippen molar-refractivity contribution in [1.82, 2.24) is 24.9 Å². The fourth-order valence-corrected chi connectivity index (χ4v) is 6.35. The monoisotopic (exact) mass is 685 g/mol. The van der Waals surface area contributed by atoms with Gasteiger partial charge in [0.2, 0.25) is 23.6 Å². The highest BCUT2D eigenvalue weighted by Crippen LogP contribution is 2.31. The van der Waals surface area contributed by atoms with Crippen molar-refractivity contribution >= 4 is 35.7 Å². The van der Waals surface area contributed by atoms with Crippen molar-refractivity contribution in [2.75, 3.05) is 46.8 Å². The number of piperidine rings is 1. The van der Waals surface area contributed by atoms with Crippen LogP contribution in [0.1, 0.15) is 91.0 Å². The lowest BCUT2D eigenvalue weighted by Crippen LogP contribution is -2.60. The van der Waals surface area contributed by atoms with E-state index in [0.29, 0.717) is 51.7 Å². The summed E-state index contributed by atoms with van der Waals surface area (Å²) < 4.78 is 10.9. The quantitative estimate of drug-likeness (QED) is 0.293. The molecule has 1 atom stereocenters. The van der Waals surface area contributed by atoms with E-state index in [2.05, 4.69) is 5.32 Å². The highest BCUT2D eigenvalue weighted by molar-refractivity contribution is 5.96. The van der Waals surface area contributed by atoms with Gasteiger partial charge in [0.05, 0.1) is 13.0 Å². The summed E-state index contributed by atoms with van der Waals surface area (Å²) in [6.07, 6.45) is 4.53. The van der Waals surface area contributed by atoms with E-state index in [9.17, 15) is 28.8 Å². The highest BCUT2D eigenvalue weighted by Gasteiger charge is 2.45. The maximum atomic E-state index is 13.9. The van der Waals surface area contributed by atoms with Crippen molar-refractivity contribution in [3.05, 3.63) is 35.9 Å². The third kappa shape index (κ3) is 11.7. The lowest BCUT2D eigenvalue weighted by molar-refractivity contribution is -0.160. The van der Waals surface area contributed by atoms with Crippen LogP contribution in [0, 0.1) is 0 Å². The van der Waals surface area contributed by atoms with Gasteiger partial charge in [-0.2, -0.15) is 0 Å². The topological polar surface area (TPSA) is 146 Å². The summed E-state index contributed by atoms with van der Waals surface area (Å²) in [7, 11) is 2.95. The van der Waals surface area contributed by atoms with E-state index in [1.54, 1.807) is 25.7 Å². The van der Waals surface area contributed by atoms with Crippen LogP contribution in [0.25, 0.3) is 0 Å². The van der Waals surface area contributed by atoms with Gasteiger partial charge < -0.3 is 29.5 Å². The third-order valence-corrected chi connectivity index (χ3v) is 8.85. The van der Waals surface area contributed by atoms with Gasteiger partial charge in [-0.3, -0.25) is 28.9 Å². The first kappa shape index (κ1) is 39.3. The SMILES string of the molecule is CCCN(CC(=O)NC1(C(=O)N(C)CC(=O)N(C)[C@@H](CC(=O)OC(C)(C)C)C(=O)N2CCCCC2)CCCC1)C(=O)OCc1ccccc1. The second kappa shape index (κ2) is 18.0. The Morgan fingerprint density at radius 3 is 2.14 bits per heavy atom. The van der Waals surface area contributed by atoms with Crippen molar-refractivity contribution in [2.24, 2.45) is 0 Å². The number of nitrogens with one attached hydrogen (secondary N) is 1. The van der Waals surface area contributed by atoms with Gasteiger partial charge in [0.25, 0.3) is 0 Å². The van der Waals surface area contributed by atoms with Crippen molar-refractivity contribution < 1.29 is 38.2 Å². The summed E-state index contributed by atoms with van der Waals surface area (Å²) in [6, 6.07) is 8.15. The second-order valence-corrected chi connectivity index (χ2v) is 14.2. The molecule has 3 rings (SSSR count). The highest BCUT2D eigenvalue weighted by atomic mass is 16.6. The number of esters is 1. The number of ether oxygens (including phenoxy) is 2. The van der Waals surface area contributed by atoms with Crippen LogP contribution in [0.15, 0.2) is 30.3 Å². The minimum atomic E-state index is -1.24. The fourth-order valence-electron chi connectivity index (χ4n) is 6.35. The van der Waals surface area contributed by atoms with Crippen LogP contribution in [0.4, 0.5) is 4.79 Å². The van der Waals surface area contributed by atoms with Gasteiger partial charge in [-0.25, -0.2) is 4.79 Å². The van der Waals surface area contributed by atoms with Crippen LogP contribution in [-0.4, -0.2) is 119 Å². The summed E-state index contributed by atoms with van der Waals surface area (Å²) in [5, 5.41) is 2.90. The number of carbonyl (C=O) groups is 6. The zero-order valence-electron chi connectivity index (χ0n) is 30.1. The molecule has 0 bridgehead atoms. The lowest BCUT2D eigenvalue weighted by atomic mass is 9.95. The zero-order valence-corrected chi connectivity index (χ0v) is 30.1. The molecule has 1 saturated heterocycles.